The van der Waals surface area contributed by atoms with Crippen LogP contribution < -0.4 is 20.1 Å². The van der Waals surface area contributed by atoms with Crippen molar-refractivity contribution in [1.29, 1.82) is 0 Å². The Morgan fingerprint density at radius 2 is 1.72 bits per heavy atom. The number of aromatic nitrogens is 2. The number of imidazole rings is 1. The van der Waals surface area contributed by atoms with Gasteiger partial charge in [0.15, 0.2) is 11.5 Å². The third kappa shape index (κ3) is 3.78. The van der Waals surface area contributed by atoms with E-state index in [0.29, 0.717) is 39.7 Å². The summed E-state index contributed by atoms with van der Waals surface area (Å²) >= 11 is 0. The minimum Gasteiger partial charge on any atom is -0.493 e. The summed E-state index contributed by atoms with van der Waals surface area (Å²) in [7, 11) is 2.87. The first-order valence-electron chi connectivity index (χ1n) is 11.1. The van der Waals surface area contributed by atoms with Crippen LogP contribution in [-0.2, 0) is 4.79 Å². The number of hydrogen-bond donors (Lipinski definition) is 2. The SMILES string of the molecule is COc1cc([C@H]2C(C(=O)Nc3ccccc3)=C(C)Nc3nc4ccccc4n32)c([N+](=O)[O-])cc1OC. The van der Waals surface area contributed by atoms with Gasteiger partial charge in [-0.2, -0.15) is 0 Å². The number of amides is 1. The molecule has 0 spiro atoms. The Bertz CT molecular complexity index is 1530. The largest absolute Gasteiger partial charge is 0.493 e. The standard InChI is InChI=1S/C26H23N5O5/c1-15-23(25(32)28-16-9-5-4-6-10-16)24(30-19-12-8-7-11-18(19)29-26(30)27-15)17-13-21(35-2)22(36-3)14-20(17)31(33)34/h4-14,24H,1-3H3,(H,27,29)(H,28,32)/t24-/m0/s1. The number of allylic oxidation sites excluding steroid dienone is 1. The van der Waals surface area contributed by atoms with Crippen LogP contribution in [0.3, 0.4) is 0 Å². The van der Waals surface area contributed by atoms with Crippen LogP contribution in [0, 0.1) is 10.1 Å². The van der Waals surface area contributed by atoms with E-state index in [0.717, 1.165) is 0 Å². The number of nitro groups is 1. The fourth-order valence-electron chi connectivity index (χ4n) is 4.53. The molecule has 0 saturated carbocycles. The zero-order valence-corrected chi connectivity index (χ0v) is 19.8. The number of carbonyl (C=O) groups is 1. The van der Waals surface area contributed by atoms with E-state index in [-0.39, 0.29) is 17.0 Å². The van der Waals surface area contributed by atoms with Crippen molar-refractivity contribution >= 4 is 34.3 Å². The van der Waals surface area contributed by atoms with Crippen molar-refractivity contribution in [3.05, 3.63) is 93.7 Å². The molecule has 2 N–H and O–H groups in total. The molecule has 0 unspecified atom stereocenters. The molecule has 3 aromatic carbocycles. The Morgan fingerprint density at radius 1 is 1.06 bits per heavy atom. The Morgan fingerprint density at radius 3 is 2.42 bits per heavy atom. The monoisotopic (exact) mass is 485 g/mol. The summed E-state index contributed by atoms with van der Waals surface area (Å²) < 4.78 is 12.6. The van der Waals surface area contributed by atoms with Gasteiger partial charge in [0.25, 0.3) is 11.6 Å². The zero-order valence-electron chi connectivity index (χ0n) is 19.8. The van der Waals surface area contributed by atoms with Crippen molar-refractivity contribution in [2.75, 3.05) is 24.9 Å². The highest BCUT2D eigenvalue weighted by Crippen LogP contribution is 2.45. The molecule has 10 nitrogen and oxygen atoms in total. The van der Waals surface area contributed by atoms with Crippen molar-refractivity contribution in [3.63, 3.8) is 0 Å². The number of fused-ring (bicyclic) bond motifs is 3. The first kappa shape index (κ1) is 22.9. The average Bonchev–Trinajstić information content (AvgIpc) is 3.25. The number of nitrogens with zero attached hydrogens (tertiary/aromatic N) is 3. The summed E-state index contributed by atoms with van der Waals surface area (Å²) in [5, 5.41) is 18.4. The molecule has 36 heavy (non-hydrogen) atoms. The van der Waals surface area contributed by atoms with Crippen molar-refractivity contribution in [1.82, 2.24) is 9.55 Å². The summed E-state index contributed by atoms with van der Waals surface area (Å²) in [6, 6.07) is 18.4. The van der Waals surface area contributed by atoms with Gasteiger partial charge in [0.05, 0.1) is 47.4 Å². The second-order valence-corrected chi connectivity index (χ2v) is 8.20. The van der Waals surface area contributed by atoms with Crippen LogP contribution in [0.1, 0.15) is 18.5 Å². The van der Waals surface area contributed by atoms with Crippen LogP contribution in [0.5, 0.6) is 11.5 Å². The molecule has 1 aromatic heterocycles. The first-order chi connectivity index (χ1) is 17.4. The number of para-hydroxylation sites is 3. The van der Waals surface area contributed by atoms with Crippen molar-refractivity contribution in [2.45, 2.75) is 13.0 Å². The van der Waals surface area contributed by atoms with Gasteiger partial charge in [-0.3, -0.25) is 19.5 Å². The van der Waals surface area contributed by atoms with E-state index in [4.69, 9.17) is 9.47 Å². The van der Waals surface area contributed by atoms with Gasteiger partial charge in [-0.05, 0) is 37.3 Å². The fourth-order valence-corrected chi connectivity index (χ4v) is 4.53. The smallest absolute Gasteiger partial charge is 0.279 e. The average molecular weight is 486 g/mol. The lowest BCUT2D eigenvalue weighted by molar-refractivity contribution is -0.385. The molecule has 182 valence electrons. The molecule has 0 fully saturated rings. The van der Waals surface area contributed by atoms with Crippen LogP contribution in [0.2, 0.25) is 0 Å². The van der Waals surface area contributed by atoms with Gasteiger partial charge in [-0.1, -0.05) is 30.3 Å². The minimum absolute atomic E-state index is 0.207. The molecular weight excluding hydrogens is 462 g/mol. The van der Waals surface area contributed by atoms with Gasteiger partial charge in [0, 0.05) is 11.4 Å². The maximum Gasteiger partial charge on any atom is 0.279 e. The van der Waals surface area contributed by atoms with Crippen LogP contribution in [0.15, 0.2) is 78.0 Å². The third-order valence-electron chi connectivity index (χ3n) is 6.13. The van der Waals surface area contributed by atoms with Gasteiger partial charge in [-0.25, -0.2) is 4.98 Å². The van der Waals surface area contributed by atoms with Gasteiger partial charge in [0.1, 0.15) is 6.04 Å². The summed E-state index contributed by atoms with van der Waals surface area (Å²) in [6.45, 7) is 1.75. The van der Waals surface area contributed by atoms with E-state index in [1.54, 1.807) is 29.7 Å². The maximum atomic E-state index is 13.7. The molecule has 10 heteroatoms. The quantitative estimate of drug-likeness (QED) is 0.295. The number of hydrogen-bond acceptors (Lipinski definition) is 7. The normalized spacial score (nSPS) is 14.7. The molecule has 4 aromatic rings. The molecule has 5 rings (SSSR count). The van der Waals surface area contributed by atoms with E-state index < -0.39 is 16.9 Å². The molecule has 1 amide bonds. The third-order valence-corrected chi connectivity index (χ3v) is 6.13. The second kappa shape index (κ2) is 9.06. The van der Waals surface area contributed by atoms with Crippen molar-refractivity contribution in [2.24, 2.45) is 0 Å². The Balaban J connectivity index is 1.78. The van der Waals surface area contributed by atoms with E-state index in [1.165, 1.54) is 20.3 Å². The van der Waals surface area contributed by atoms with Gasteiger partial charge in [0.2, 0.25) is 5.95 Å². The van der Waals surface area contributed by atoms with E-state index in [2.05, 4.69) is 15.6 Å². The highest BCUT2D eigenvalue weighted by Gasteiger charge is 2.38. The van der Waals surface area contributed by atoms with Gasteiger partial charge < -0.3 is 20.1 Å². The molecule has 0 bridgehead atoms. The lowest BCUT2D eigenvalue weighted by Gasteiger charge is -2.30. The van der Waals surface area contributed by atoms with Crippen LogP contribution >= 0.6 is 0 Å². The number of anilines is 2. The second-order valence-electron chi connectivity index (χ2n) is 8.20. The predicted molar refractivity (Wildman–Crippen MR) is 135 cm³/mol. The molecule has 1 aliphatic rings. The summed E-state index contributed by atoms with van der Waals surface area (Å²) in [4.78, 5) is 30.1. The number of benzene rings is 3. The van der Waals surface area contributed by atoms with Crippen molar-refractivity contribution < 1.29 is 19.2 Å². The Hall–Kier alpha value is -4.86. The molecular formula is C26H23N5O5. The van der Waals surface area contributed by atoms with Gasteiger partial charge >= 0.3 is 0 Å². The molecule has 0 saturated heterocycles. The fraction of sp³-hybridized carbons (Fsp3) is 0.154. The number of rotatable bonds is 6. The molecule has 0 radical (unpaired) electrons. The van der Waals surface area contributed by atoms with Crippen LogP contribution in [0.25, 0.3) is 11.0 Å². The molecule has 1 atom stereocenters. The number of carbonyl (C=O) groups excluding carboxylic acids is 1. The van der Waals surface area contributed by atoms with E-state index in [1.807, 2.05) is 42.5 Å². The predicted octanol–water partition coefficient (Wildman–Crippen LogP) is 4.89. The topological polar surface area (TPSA) is 121 Å². The summed E-state index contributed by atoms with van der Waals surface area (Å²) in [5.41, 5.74) is 2.90. The zero-order chi connectivity index (χ0) is 25.4. The number of nitro benzene ring substituents is 1. The number of methoxy groups -OCH3 is 2. The van der Waals surface area contributed by atoms with E-state index >= 15 is 0 Å². The first-order valence-corrected chi connectivity index (χ1v) is 11.1. The number of nitrogens with one attached hydrogen (secondary N) is 2. The maximum absolute atomic E-state index is 13.7. The lowest BCUT2D eigenvalue weighted by Crippen LogP contribution is -2.31. The summed E-state index contributed by atoms with van der Waals surface area (Å²) in [6.07, 6.45) is 0. The van der Waals surface area contributed by atoms with Crippen LogP contribution in [0.4, 0.5) is 17.3 Å². The van der Waals surface area contributed by atoms with Crippen molar-refractivity contribution in [3.8, 4) is 11.5 Å². The lowest BCUT2D eigenvalue weighted by atomic mass is 9.92. The Labute approximate surface area is 206 Å². The number of ether oxygens (including phenoxy) is 2. The molecule has 0 aliphatic carbocycles. The summed E-state index contributed by atoms with van der Waals surface area (Å²) in [5.74, 6) is 0.597. The minimum atomic E-state index is -0.877. The van der Waals surface area contributed by atoms with Crippen LogP contribution in [-0.4, -0.2) is 34.6 Å². The van der Waals surface area contributed by atoms with Gasteiger partial charge in [-0.15, -0.1) is 0 Å². The molecule has 1 aliphatic heterocycles. The van der Waals surface area contributed by atoms with E-state index in [9.17, 15) is 14.9 Å². The molecule has 2 heterocycles. The Kier molecular flexibility index (Phi) is 5.77. The highest BCUT2D eigenvalue weighted by atomic mass is 16.6. The highest BCUT2D eigenvalue weighted by molar-refractivity contribution is 6.06.